The highest BCUT2D eigenvalue weighted by atomic mass is 16.6. The van der Waals surface area contributed by atoms with Gasteiger partial charge in [-0.1, -0.05) is 6.92 Å². The average molecular weight is 322 g/mol. The molecule has 6 nitrogen and oxygen atoms in total. The molecule has 1 saturated heterocycles. The van der Waals surface area contributed by atoms with Crippen LogP contribution in [0, 0.1) is 15.5 Å². The van der Waals surface area contributed by atoms with E-state index in [0.717, 1.165) is 37.9 Å². The Balaban J connectivity index is 2.10. The number of nitrogens with zero attached hydrogens (tertiary/aromatic N) is 2. The van der Waals surface area contributed by atoms with Gasteiger partial charge < -0.3 is 9.84 Å². The first-order chi connectivity index (χ1) is 11.0. The molecule has 0 amide bonds. The van der Waals surface area contributed by atoms with Crippen LogP contribution in [0.1, 0.15) is 38.7 Å². The summed E-state index contributed by atoms with van der Waals surface area (Å²) in [5.41, 5.74) is 0.995. The van der Waals surface area contributed by atoms with Crippen molar-refractivity contribution in [3.63, 3.8) is 0 Å². The topological polar surface area (TPSA) is 75.8 Å². The first-order valence-electron chi connectivity index (χ1n) is 8.27. The van der Waals surface area contributed by atoms with Crippen LogP contribution in [0.4, 0.5) is 5.69 Å². The van der Waals surface area contributed by atoms with E-state index < -0.39 is 0 Å². The second-order valence-electron chi connectivity index (χ2n) is 6.27. The lowest BCUT2D eigenvalue weighted by molar-refractivity contribution is -0.385. The van der Waals surface area contributed by atoms with Crippen molar-refractivity contribution in [1.82, 2.24) is 4.90 Å². The standard InChI is InChI=1S/C17H26N2O4/c1-3-17(13-20)7-9-18(10-8-17)12-14-11-15(19(21)22)5-6-16(14)23-4-2/h5-6,11,20H,3-4,7-10,12-13H2,1-2H3. The third-order valence-corrected chi connectivity index (χ3v) is 4.95. The molecule has 1 aliphatic heterocycles. The predicted octanol–water partition coefficient (Wildman–Crippen LogP) is 2.98. The van der Waals surface area contributed by atoms with Gasteiger partial charge in [-0.3, -0.25) is 15.0 Å². The molecule has 0 bridgehead atoms. The van der Waals surface area contributed by atoms with Gasteiger partial charge in [0.1, 0.15) is 5.75 Å². The number of aliphatic hydroxyl groups is 1. The number of nitro benzene ring substituents is 1. The van der Waals surface area contributed by atoms with Crippen LogP contribution < -0.4 is 4.74 Å². The Bertz CT molecular complexity index is 533. The van der Waals surface area contributed by atoms with Crippen molar-refractivity contribution < 1.29 is 14.8 Å². The number of benzene rings is 1. The minimum Gasteiger partial charge on any atom is -0.494 e. The highest BCUT2D eigenvalue weighted by Gasteiger charge is 2.32. The van der Waals surface area contributed by atoms with Crippen molar-refractivity contribution in [2.75, 3.05) is 26.3 Å². The number of hydrogen-bond acceptors (Lipinski definition) is 5. The number of ether oxygens (including phenoxy) is 1. The number of hydrogen-bond donors (Lipinski definition) is 1. The van der Waals surface area contributed by atoms with Crippen molar-refractivity contribution in [3.8, 4) is 5.75 Å². The molecule has 1 aromatic carbocycles. The predicted molar refractivity (Wildman–Crippen MR) is 88.6 cm³/mol. The number of non-ortho nitro benzene ring substituents is 1. The molecular weight excluding hydrogens is 296 g/mol. The normalized spacial score (nSPS) is 17.9. The lowest BCUT2D eigenvalue weighted by atomic mass is 9.77. The number of nitro groups is 1. The van der Waals surface area contributed by atoms with E-state index in [1.807, 2.05) is 6.92 Å². The van der Waals surface area contributed by atoms with E-state index in [9.17, 15) is 15.2 Å². The maximum atomic E-state index is 11.0. The van der Waals surface area contributed by atoms with E-state index in [1.165, 1.54) is 6.07 Å². The smallest absolute Gasteiger partial charge is 0.270 e. The van der Waals surface area contributed by atoms with Crippen LogP contribution in [0.5, 0.6) is 5.75 Å². The van der Waals surface area contributed by atoms with Crippen molar-refractivity contribution in [2.45, 2.75) is 39.7 Å². The van der Waals surface area contributed by atoms with E-state index >= 15 is 0 Å². The van der Waals surface area contributed by atoms with Crippen molar-refractivity contribution in [2.24, 2.45) is 5.41 Å². The van der Waals surface area contributed by atoms with E-state index in [-0.39, 0.29) is 22.6 Å². The largest absolute Gasteiger partial charge is 0.494 e. The fourth-order valence-corrected chi connectivity index (χ4v) is 3.15. The number of aliphatic hydroxyl groups excluding tert-OH is 1. The molecule has 0 unspecified atom stereocenters. The molecule has 0 atom stereocenters. The lowest BCUT2D eigenvalue weighted by Crippen LogP contribution is -2.41. The molecule has 0 saturated carbocycles. The molecular formula is C17H26N2O4. The molecule has 0 radical (unpaired) electrons. The summed E-state index contributed by atoms with van der Waals surface area (Å²) in [6.45, 7) is 7.22. The molecule has 1 heterocycles. The molecule has 6 heteroatoms. The second-order valence-corrected chi connectivity index (χ2v) is 6.27. The summed E-state index contributed by atoms with van der Waals surface area (Å²) in [7, 11) is 0. The fraction of sp³-hybridized carbons (Fsp3) is 0.647. The summed E-state index contributed by atoms with van der Waals surface area (Å²) in [5, 5.41) is 20.6. The zero-order chi connectivity index (χ0) is 16.9. The molecule has 128 valence electrons. The summed E-state index contributed by atoms with van der Waals surface area (Å²) in [4.78, 5) is 12.9. The monoisotopic (exact) mass is 322 g/mol. The van der Waals surface area contributed by atoms with Crippen LogP contribution >= 0.6 is 0 Å². The first kappa shape index (κ1) is 17.7. The lowest BCUT2D eigenvalue weighted by Gasteiger charge is -2.40. The summed E-state index contributed by atoms with van der Waals surface area (Å²) in [6, 6.07) is 4.78. The molecule has 1 N–H and O–H groups in total. The molecule has 0 aromatic heterocycles. The number of likely N-dealkylation sites (tertiary alicyclic amines) is 1. The van der Waals surface area contributed by atoms with E-state index in [0.29, 0.717) is 18.9 Å². The van der Waals surface area contributed by atoms with Gasteiger partial charge in [-0.2, -0.15) is 0 Å². The minimum absolute atomic E-state index is 0.0436. The van der Waals surface area contributed by atoms with Crippen LogP contribution in [-0.4, -0.2) is 41.2 Å². The van der Waals surface area contributed by atoms with Crippen molar-refractivity contribution in [3.05, 3.63) is 33.9 Å². The van der Waals surface area contributed by atoms with Crippen LogP contribution in [0.25, 0.3) is 0 Å². The van der Waals surface area contributed by atoms with Gasteiger partial charge >= 0.3 is 0 Å². The minimum atomic E-state index is -0.372. The Morgan fingerprint density at radius 3 is 2.57 bits per heavy atom. The van der Waals surface area contributed by atoms with Gasteiger partial charge in [0.05, 0.1) is 11.5 Å². The summed E-state index contributed by atoms with van der Waals surface area (Å²) in [6.07, 6.45) is 2.90. The molecule has 2 rings (SSSR count). The van der Waals surface area contributed by atoms with Gasteiger partial charge in [0.15, 0.2) is 0 Å². The Labute approximate surface area is 137 Å². The molecule has 0 aliphatic carbocycles. The van der Waals surface area contributed by atoms with Crippen LogP contribution in [0.15, 0.2) is 18.2 Å². The van der Waals surface area contributed by atoms with E-state index in [4.69, 9.17) is 4.74 Å². The van der Waals surface area contributed by atoms with Crippen LogP contribution in [0.2, 0.25) is 0 Å². The van der Waals surface area contributed by atoms with Gasteiger partial charge in [-0.15, -0.1) is 0 Å². The summed E-state index contributed by atoms with van der Waals surface area (Å²) < 4.78 is 5.61. The zero-order valence-electron chi connectivity index (χ0n) is 14.0. The highest BCUT2D eigenvalue weighted by Crippen LogP contribution is 2.35. The molecule has 0 spiro atoms. The third kappa shape index (κ3) is 4.20. The van der Waals surface area contributed by atoms with Gasteiger partial charge in [0.25, 0.3) is 5.69 Å². The Morgan fingerprint density at radius 2 is 2.04 bits per heavy atom. The number of rotatable bonds is 7. The molecule has 23 heavy (non-hydrogen) atoms. The van der Waals surface area contributed by atoms with Gasteiger partial charge in [0, 0.05) is 30.8 Å². The average Bonchev–Trinajstić information content (AvgIpc) is 2.57. The molecule has 1 aromatic rings. The van der Waals surface area contributed by atoms with Crippen LogP contribution in [-0.2, 0) is 6.54 Å². The maximum absolute atomic E-state index is 11.0. The van der Waals surface area contributed by atoms with Gasteiger partial charge in [0.2, 0.25) is 0 Å². The Kier molecular flexibility index (Phi) is 5.96. The third-order valence-electron chi connectivity index (χ3n) is 4.95. The van der Waals surface area contributed by atoms with Gasteiger partial charge in [-0.25, -0.2) is 0 Å². The second kappa shape index (κ2) is 7.75. The first-order valence-corrected chi connectivity index (χ1v) is 8.27. The summed E-state index contributed by atoms with van der Waals surface area (Å²) >= 11 is 0. The van der Waals surface area contributed by atoms with E-state index in [2.05, 4.69) is 11.8 Å². The van der Waals surface area contributed by atoms with Gasteiger partial charge in [-0.05, 0) is 50.8 Å². The fourth-order valence-electron chi connectivity index (χ4n) is 3.15. The van der Waals surface area contributed by atoms with Crippen molar-refractivity contribution in [1.29, 1.82) is 0 Å². The number of piperidine rings is 1. The molecule has 1 aliphatic rings. The Morgan fingerprint density at radius 1 is 1.35 bits per heavy atom. The van der Waals surface area contributed by atoms with Crippen molar-refractivity contribution >= 4 is 5.69 Å². The zero-order valence-corrected chi connectivity index (χ0v) is 14.0. The van der Waals surface area contributed by atoms with Crippen LogP contribution in [0.3, 0.4) is 0 Å². The van der Waals surface area contributed by atoms with E-state index in [1.54, 1.807) is 12.1 Å². The quantitative estimate of drug-likeness (QED) is 0.617. The maximum Gasteiger partial charge on any atom is 0.270 e. The Hall–Kier alpha value is -1.66. The molecule has 1 fully saturated rings. The SMILES string of the molecule is CCOc1ccc([N+](=O)[O-])cc1CN1CCC(CC)(CO)CC1. The summed E-state index contributed by atoms with van der Waals surface area (Å²) in [5.74, 6) is 0.715. The highest BCUT2D eigenvalue weighted by molar-refractivity contribution is 5.43.